The molecule has 0 bridgehead atoms. The maximum absolute atomic E-state index is 5.28. The highest BCUT2D eigenvalue weighted by molar-refractivity contribution is 5.06. The number of nitrogens with zero attached hydrogens (tertiary/aromatic N) is 2. The molecule has 0 fully saturated rings. The van der Waals surface area contributed by atoms with Crippen LogP contribution in [-0.2, 0) is 0 Å². The lowest BCUT2D eigenvalue weighted by Gasteiger charge is -2.17. The van der Waals surface area contributed by atoms with Crippen LogP contribution in [0.25, 0.3) is 0 Å². The summed E-state index contributed by atoms with van der Waals surface area (Å²) < 4.78 is 0. The van der Waals surface area contributed by atoms with E-state index in [1.54, 1.807) is 0 Å². The zero-order chi connectivity index (χ0) is 12.5. The minimum Gasteiger partial charge on any atom is -0.309 e. The first-order chi connectivity index (χ1) is 8.27. The van der Waals surface area contributed by atoms with Crippen molar-refractivity contribution in [3.63, 3.8) is 0 Å². The molecule has 0 saturated heterocycles. The molecule has 0 spiro atoms. The molecule has 0 saturated carbocycles. The summed E-state index contributed by atoms with van der Waals surface area (Å²) >= 11 is 0. The number of hydrogen-bond acceptors (Lipinski definition) is 3. The molecule has 1 N–H and O–H groups in total. The number of terminal acetylenes is 1. The first-order valence-corrected chi connectivity index (χ1v) is 6.23. The predicted octanol–water partition coefficient (Wildman–Crippen LogP) is 2.63. The van der Waals surface area contributed by atoms with Crippen molar-refractivity contribution in [2.45, 2.75) is 45.6 Å². The first kappa shape index (κ1) is 13.7. The van der Waals surface area contributed by atoms with Gasteiger partial charge in [0.25, 0.3) is 0 Å². The van der Waals surface area contributed by atoms with Crippen LogP contribution in [0.3, 0.4) is 0 Å². The van der Waals surface area contributed by atoms with Crippen molar-refractivity contribution < 1.29 is 0 Å². The van der Waals surface area contributed by atoms with Crippen molar-refractivity contribution >= 4 is 0 Å². The summed E-state index contributed by atoms with van der Waals surface area (Å²) in [4.78, 5) is 8.73. The van der Waals surface area contributed by atoms with Crippen LogP contribution in [0, 0.1) is 19.3 Å². The summed E-state index contributed by atoms with van der Waals surface area (Å²) in [5.74, 6) is 2.68. The van der Waals surface area contributed by atoms with Gasteiger partial charge in [-0.1, -0.05) is 6.92 Å². The fourth-order valence-electron chi connectivity index (χ4n) is 1.66. The van der Waals surface area contributed by atoms with Gasteiger partial charge in [0.1, 0.15) is 0 Å². The van der Waals surface area contributed by atoms with Crippen molar-refractivity contribution in [2.75, 3.05) is 6.54 Å². The van der Waals surface area contributed by atoms with Gasteiger partial charge in [-0.3, -0.25) is 9.97 Å². The third-order valence-corrected chi connectivity index (χ3v) is 2.61. The second-order valence-corrected chi connectivity index (χ2v) is 4.19. The predicted molar refractivity (Wildman–Crippen MR) is 70.5 cm³/mol. The van der Waals surface area contributed by atoms with Crippen LogP contribution in [0.1, 0.15) is 50.0 Å². The highest BCUT2D eigenvalue weighted by Gasteiger charge is 2.11. The standard InChI is InChI=1S/C14H21N3/c1-4-6-7-8-13(15-9-5-2)14-11-16-12(3)10-17-14/h1,10-11,13,15H,5-9H2,2-3H3. The summed E-state index contributed by atoms with van der Waals surface area (Å²) in [7, 11) is 0. The van der Waals surface area contributed by atoms with E-state index in [4.69, 9.17) is 6.42 Å². The average molecular weight is 231 g/mol. The Morgan fingerprint density at radius 1 is 1.41 bits per heavy atom. The Labute approximate surface area is 104 Å². The number of nitrogens with one attached hydrogen (secondary N) is 1. The fourth-order valence-corrected chi connectivity index (χ4v) is 1.66. The van der Waals surface area contributed by atoms with Crippen LogP contribution in [-0.4, -0.2) is 16.5 Å². The normalized spacial score (nSPS) is 12.1. The molecule has 0 aliphatic heterocycles. The quantitative estimate of drug-likeness (QED) is 0.579. The van der Waals surface area contributed by atoms with Crippen LogP contribution in [0.4, 0.5) is 0 Å². The largest absolute Gasteiger partial charge is 0.309 e. The van der Waals surface area contributed by atoms with Crippen molar-refractivity contribution in [3.8, 4) is 12.3 Å². The van der Waals surface area contributed by atoms with Crippen molar-refractivity contribution in [2.24, 2.45) is 0 Å². The molecule has 1 atom stereocenters. The zero-order valence-corrected chi connectivity index (χ0v) is 10.7. The lowest BCUT2D eigenvalue weighted by atomic mass is 10.1. The summed E-state index contributed by atoms with van der Waals surface area (Å²) in [6.07, 6.45) is 12.9. The molecule has 92 valence electrons. The number of aryl methyl sites for hydroxylation is 1. The van der Waals surface area contributed by atoms with Gasteiger partial charge >= 0.3 is 0 Å². The summed E-state index contributed by atoms with van der Waals surface area (Å²) in [6.45, 7) is 5.10. The van der Waals surface area contributed by atoms with Gasteiger partial charge in [-0.15, -0.1) is 12.3 Å². The van der Waals surface area contributed by atoms with Gasteiger partial charge < -0.3 is 5.32 Å². The Hall–Kier alpha value is -1.40. The van der Waals surface area contributed by atoms with Crippen LogP contribution >= 0.6 is 0 Å². The molecule has 0 aliphatic rings. The van der Waals surface area contributed by atoms with Gasteiger partial charge in [0.15, 0.2) is 0 Å². The van der Waals surface area contributed by atoms with E-state index in [9.17, 15) is 0 Å². The molecule has 1 rings (SSSR count). The SMILES string of the molecule is C#CCCCC(NCCC)c1cnc(C)cn1. The molecular weight excluding hydrogens is 210 g/mol. The fraction of sp³-hybridized carbons (Fsp3) is 0.571. The van der Waals surface area contributed by atoms with Gasteiger partial charge in [0.2, 0.25) is 0 Å². The maximum atomic E-state index is 5.28. The van der Waals surface area contributed by atoms with Crippen LogP contribution in [0.2, 0.25) is 0 Å². The zero-order valence-electron chi connectivity index (χ0n) is 10.7. The monoisotopic (exact) mass is 231 g/mol. The summed E-state index contributed by atoms with van der Waals surface area (Å²) in [6, 6.07) is 0.274. The second kappa shape index (κ2) is 7.81. The molecule has 0 aromatic carbocycles. The second-order valence-electron chi connectivity index (χ2n) is 4.19. The molecule has 1 unspecified atom stereocenters. The molecule has 0 amide bonds. The Morgan fingerprint density at radius 3 is 2.82 bits per heavy atom. The Bertz CT molecular complexity index is 351. The van der Waals surface area contributed by atoms with E-state index in [1.165, 1.54) is 0 Å². The number of aromatic nitrogens is 2. The number of hydrogen-bond donors (Lipinski definition) is 1. The summed E-state index contributed by atoms with van der Waals surface area (Å²) in [5.41, 5.74) is 1.97. The Balaban J connectivity index is 2.61. The van der Waals surface area contributed by atoms with Crippen LogP contribution in [0.5, 0.6) is 0 Å². The topological polar surface area (TPSA) is 37.8 Å². The lowest BCUT2D eigenvalue weighted by molar-refractivity contribution is 0.476. The highest BCUT2D eigenvalue weighted by atomic mass is 14.9. The molecule has 1 heterocycles. The van der Waals surface area contributed by atoms with Gasteiger partial charge in [-0.25, -0.2) is 0 Å². The van der Waals surface area contributed by atoms with E-state index in [-0.39, 0.29) is 6.04 Å². The average Bonchev–Trinajstić information content (AvgIpc) is 2.35. The van der Waals surface area contributed by atoms with Gasteiger partial charge in [0, 0.05) is 12.6 Å². The Morgan fingerprint density at radius 2 is 2.24 bits per heavy atom. The van der Waals surface area contributed by atoms with E-state index in [0.717, 1.165) is 43.6 Å². The molecule has 1 aromatic heterocycles. The maximum Gasteiger partial charge on any atom is 0.0756 e. The van der Waals surface area contributed by atoms with E-state index in [2.05, 4.69) is 28.1 Å². The van der Waals surface area contributed by atoms with E-state index >= 15 is 0 Å². The van der Waals surface area contributed by atoms with Gasteiger partial charge in [-0.05, 0) is 32.7 Å². The smallest absolute Gasteiger partial charge is 0.0756 e. The number of unbranched alkanes of at least 4 members (excludes halogenated alkanes) is 1. The molecule has 17 heavy (non-hydrogen) atoms. The molecular formula is C14H21N3. The van der Waals surface area contributed by atoms with Crippen molar-refractivity contribution in [1.29, 1.82) is 0 Å². The van der Waals surface area contributed by atoms with Crippen molar-refractivity contribution in [1.82, 2.24) is 15.3 Å². The van der Waals surface area contributed by atoms with E-state index < -0.39 is 0 Å². The molecule has 3 nitrogen and oxygen atoms in total. The van der Waals surface area contributed by atoms with Crippen LogP contribution < -0.4 is 5.32 Å². The highest BCUT2D eigenvalue weighted by Crippen LogP contribution is 2.16. The molecule has 3 heteroatoms. The summed E-state index contributed by atoms with van der Waals surface area (Å²) in [5, 5.41) is 3.49. The minimum absolute atomic E-state index is 0.274. The molecule has 0 aliphatic carbocycles. The van der Waals surface area contributed by atoms with E-state index in [0.29, 0.717) is 0 Å². The molecule has 0 radical (unpaired) electrons. The third-order valence-electron chi connectivity index (χ3n) is 2.61. The van der Waals surface area contributed by atoms with E-state index in [1.807, 2.05) is 19.3 Å². The first-order valence-electron chi connectivity index (χ1n) is 6.23. The van der Waals surface area contributed by atoms with Gasteiger partial charge in [-0.2, -0.15) is 0 Å². The Kier molecular flexibility index (Phi) is 6.27. The minimum atomic E-state index is 0.274. The van der Waals surface area contributed by atoms with Crippen LogP contribution in [0.15, 0.2) is 12.4 Å². The van der Waals surface area contributed by atoms with Crippen molar-refractivity contribution in [3.05, 3.63) is 23.8 Å². The third kappa shape index (κ3) is 4.97. The van der Waals surface area contributed by atoms with Gasteiger partial charge in [0.05, 0.1) is 23.6 Å². The molecule has 1 aromatic rings. The number of rotatable bonds is 7. The lowest BCUT2D eigenvalue weighted by Crippen LogP contribution is -2.23.